The van der Waals surface area contributed by atoms with Gasteiger partial charge >= 0.3 is 0 Å². The molecule has 4 rings (SSSR count). The molecule has 0 atom stereocenters. The van der Waals surface area contributed by atoms with Gasteiger partial charge in [0.1, 0.15) is 0 Å². The van der Waals surface area contributed by atoms with Crippen LogP contribution >= 0.6 is 39.0 Å². The van der Waals surface area contributed by atoms with E-state index in [1.807, 2.05) is 71.4 Å². The van der Waals surface area contributed by atoms with Gasteiger partial charge in [-0.1, -0.05) is 39.8 Å². The highest BCUT2D eigenvalue weighted by Crippen LogP contribution is 2.29. The number of carbonyl (C=O) groups excluding carboxylic acids is 1. The number of halogens is 1. The molecule has 0 aliphatic carbocycles. The third kappa shape index (κ3) is 4.52. The van der Waals surface area contributed by atoms with Crippen LogP contribution < -0.4 is 5.43 Å². The monoisotopic (exact) mass is 470 g/mol. The highest BCUT2D eigenvalue weighted by Gasteiger charge is 2.07. The summed E-state index contributed by atoms with van der Waals surface area (Å²) in [5, 5.41) is 4.09. The van der Waals surface area contributed by atoms with Crippen LogP contribution in [0, 0.1) is 0 Å². The topological polar surface area (TPSA) is 59.3 Å². The van der Waals surface area contributed by atoms with E-state index < -0.39 is 0 Å². The molecule has 2 heterocycles. The number of thioether (sulfide) groups is 1. The van der Waals surface area contributed by atoms with Crippen LogP contribution in [0.3, 0.4) is 0 Å². The fourth-order valence-corrected chi connectivity index (χ4v) is 4.70. The molecule has 1 N–H and O–H groups in total. The third-order valence-electron chi connectivity index (χ3n) is 3.87. The molecule has 2 aromatic carbocycles. The standard InChI is InChI=1S/C20H15BrN4OS2/c21-14-7-9-15(10-8-14)25-11-3-4-16(25)12-22-24-19(26)13-27-20-23-17-5-1-2-6-18(17)28-20/h1-12H,13H2,(H,24,26). The first-order valence-electron chi connectivity index (χ1n) is 8.42. The minimum absolute atomic E-state index is 0.165. The number of hydrazone groups is 1. The van der Waals surface area contributed by atoms with Crippen molar-refractivity contribution in [1.82, 2.24) is 15.0 Å². The summed E-state index contributed by atoms with van der Waals surface area (Å²) in [6.45, 7) is 0. The summed E-state index contributed by atoms with van der Waals surface area (Å²) >= 11 is 6.44. The lowest BCUT2D eigenvalue weighted by Gasteiger charge is -2.06. The normalized spacial score (nSPS) is 11.3. The van der Waals surface area contributed by atoms with Crippen LogP contribution in [0.1, 0.15) is 5.69 Å². The van der Waals surface area contributed by atoms with Crippen LogP contribution in [0.15, 0.2) is 80.8 Å². The Balaban J connectivity index is 1.34. The van der Waals surface area contributed by atoms with Gasteiger partial charge in [-0.2, -0.15) is 5.10 Å². The number of rotatable bonds is 6. The maximum atomic E-state index is 12.1. The summed E-state index contributed by atoms with van der Waals surface area (Å²) in [6, 6.07) is 19.8. The number of nitrogens with zero attached hydrogens (tertiary/aromatic N) is 3. The van der Waals surface area contributed by atoms with Gasteiger partial charge < -0.3 is 4.57 Å². The lowest BCUT2D eigenvalue weighted by atomic mass is 10.3. The summed E-state index contributed by atoms with van der Waals surface area (Å²) in [4.78, 5) is 16.6. The molecule has 1 amide bonds. The summed E-state index contributed by atoms with van der Waals surface area (Å²) in [5.74, 6) is 0.104. The number of carbonyl (C=O) groups is 1. The van der Waals surface area contributed by atoms with E-state index in [9.17, 15) is 4.79 Å². The molecular weight excluding hydrogens is 456 g/mol. The van der Waals surface area contributed by atoms with Crippen molar-refractivity contribution in [2.45, 2.75) is 4.34 Å². The number of aromatic nitrogens is 2. The van der Waals surface area contributed by atoms with Crippen molar-refractivity contribution in [2.75, 3.05) is 5.75 Å². The lowest BCUT2D eigenvalue weighted by molar-refractivity contribution is -0.118. The molecule has 0 saturated heterocycles. The van der Waals surface area contributed by atoms with Crippen molar-refractivity contribution in [3.63, 3.8) is 0 Å². The molecule has 4 aromatic rings. The smallest absolute Gasteiger partial charge is 0.250 e. The van der Waals surface area contributed by atoms with Crippen molar-refractivity contribution in [1.29, 1.82) is 0 Å². The molecular formula is C20H15BrN4OS2. The second kappa shape index (κ2) is 8.72. The Morgan fingerprint density at radius 1 is 1.18 bits per heavy atom. The summed E-state index contributed by atoms with van der Waals surface area (Å²) in [5.41, 5.74) is 5.44. The van der Waals surface area contributed by atoms with E-state index in [0.29, 0.717) is 0 Å². The zero-order valence-electron chi connectivity index (χ0n) is 14.6. The number of benzene rings is 2. The average molecular weight is 471 g/mol. The molecule has 0 unspecified atom stereocenters. The Hall–Kier alpha value is -2.42. The van der Waals surface area contributed by atoms with Crippen LogP contribution in [0.25, 0.3) is 15.9 Å². The number of hydrogen-bond donors (Lipinski definition) is 1. The van der Waals surface area contributed by atoms with Crippen molar-refractivity contribution >= 4 is 61.4 Å². The van der Waals surface area contributed by atoms with E-state index in [1.165, 1.54) is 11.8 Å². The van der Waals surface area contributed by atoms with E-state index in [2.05, 4.69) is 31.4 Å². The number of nitrogens with one attached hydrogen (secondary N) is 1. The van der Waals surface area contributed by atoms with E-state index >= 15 is 0 Å². The van der Waals surface area contributed by atoms with Gasteiger partial charge in [-0.25, -0.2) is 10.4 Å². The minimum Gasteiger partial charge on any atom is -0.316 e. The van der Waals surface area contributed by atoms with Gasteiger partial charge in [-0.05, 0) is 48.5 Å². The third-order valence-corrected chi connectivity index (χ3v) is 6.58. The number of amides is 1. The molecule has 0 fully saturated rings. The van der Waals surface area contributed by atoms with Gasteiger partial charge in [0.15, 0.2) is 4.34 Å². The first-order chi connectivity index (χ1) is 13.7. The van der Waals surface area contributed by atoms with Gasteiger partial charge in [0.2, 0.25) is 0 Å². The molecule has 2 aromatic heterocycles. The molecule has 8 heteroatoms. The largest absolute Gasteiger partial charge is 0.316 e. The van der Waals surface area contributed by atoms with Crippen molar-refractivity contribution in [3.05, 3.63) is 77.0 Å². The number of hydrogen-bond acceptors (Lipinski definition) is 5. The highest BCUT2D eigenvalue weighted by molar-refractivity contribution is 9.10. The van der Waals surface area contributed by atoms with Crippen LogP contribution in [-0.4, -0.2) is 27.4 Å². The molecule has 0 aliphatic rings. The summed E-state index contributed by atoms with van der Waals surface area (Å²) in [6.07, 6.45) is 3.59. The fourth-order valence-electron chi connectivity index (χ4n) is 2.58. The zero-order chi connectivity index (χ0) is 19.3. The van der Waals surface area contributed by atoms with Crippen molar-refractivity contribution in [3.8, 4) is 5.69 Å². The zero-order valence-corrected chi connectivity index (χ0v) is 17.8. The van der Waals surface area contributed by atoms with Gasteiger partial charge in [-0.3, -0.25) is 4.79 Å². The van der Waals surface area contributed by atoms with Crippen LogP contribution in [0.2, 0.25) is 0 Å². The number of thiazole rings is 1. The van der Waals surface area contributed by atoms with E-state index in [-0.39, 0.29) is 11.7 Å². The van der Waals surface area contributed by atoms with Gasteiger partial charge in [0.05, 0.1) is 27.9 Å². The summed E-state index contributed by atoms with van der Waals surface area (Å²) < 4.78 is 5.02. The second-order valence-electron chi connectivity index (χ2n) is 5.81. The molecule has 140 valence electrons. The number of fused-ring (bicyclic) bond motifs is 1. The maximum Gasteiger partial charge on any atom is 0.250 e. The summed E-state index contributed by atoms with van der Waals surface area (Å²) in [7, 11) is 0. The lowest BCUT2D eigenvalue weighted by Crippen LogP contribution is -2.19. The predicted octanol–water partition coefficient (Wildman–Crippen LogP) is 5.09. The van der Waals surface area contributed by atoms with Crippen LogP contribution in [0.4, 0.5) is 0 Å². The van der Waals surface area contributed by atoms with E-state index in [0.717, 1.165) is 30.4 Å². The highest BCUT2D eigenvalue weighted by atomic mass is 79.9. The predicted molar refractivity (Wildman–Crippen MR) is 120 cm³/mol. The average Bonchev–Trinajstić information content (AvgIpc) is 3.33. The first-order valence-corrected chi connectivity index (χ1v) is 11.0. The Morgan fingerprint density at radius 2 is 2.00 bits per heavy atom. The Kier molecular flexibility index (Phi) is 5.90. The van der Waals surface area contributed by atoms with Gasteiger partial charge in [0, 0.05) is 16.4 Å². The molecule has 5 nitrogen and oxygen atoms in total. The molecule has 0 aliphatic heterocycles. The molecule has 0 radical (unpaired) electrons. The maximum absolute atomic E-state index is 12.1. The fraction of sp³-hybridized carbons (Fsp3) is 0.0500. The van der Waals surface area contributed by atoms with E-state index in [4.69, 9.17) is 0 Å². The van der Waals surface area contributed by atoms with Gasteiger partial charge in [-0.15, -0.1) is 11.3 Å². The molecule has 0 saturated carbocycles. The minimum atomic E-state index is -0.165. The SMILES string of the molecule is O=C(CSc1nc2ccccc2s1)NN=Cc1cccn1-c1ccc(Br)cc1. The molecule has 0 bridgehead atoms. The Labute approximate surface area is 178 Å². The van der Waals surface area contributed by atoms with Crippen LogP contribution in [-0.2, 0) is 4.79 Å². The van der Waals surface area contributed by atoms with Crippen molar-refractivity contribution in [2.24, 2.45) is 5.10 Å². The number of para-hydroxylation sites is 1. The van der Waals surface area contributed by atoms with Crippen molar-refractivity contribution < 1.29 is 4.79 Å². The quantitative estimate of drug-likeness (QED) is 0.242. The molecule has 0 spiro atoms. The van der Waals surface area contributed by atoms with E-state index in [1.54, 1.807) is 17.6 Å². The molecule has 28 heavy (non-hydrogen) atoms. The van der Waals surface area contributed by atoms with Crippen LogP contribution in [0.5, 0.6) is 0 Å². The first kappa shape index (κ1) is 18.9. The Bertz CT molecular complexity index is 1100. The Morgan fingerprint density at radius 3 is 2.82 bits per heavy atom. The second-order valence-corrected chi connectivity index (χ2v) is 8.98. The van der Waals surface area contributed by atoms with Gasteiger partial charge in [0.25, 0.3) is 5.91 Å².